The average molecular weight is 306 g/mol. The van der Waals surface area contributed by atoms with Crippen molar-refractivity contribution in [2.24, 2.45) is 0 Å². The number of phenols is 1. The summed E-state index contributed by atoms with van der Waals surface area (Å²) < 4.78 is 5.26. The monoisotopic (exact) mass is 306 g/mol. The molecule has 0 bridgehead atoms. The summed E-state index contributed by atoms with van der Waals surface area (Å²) in [6.07, 6.45) is 1.31. The lowest BCUT2D eigenvalue weighted by molar-refractivity contribution is -0.128. The summed E-state index contributed by atoms with van der Waals surface area (Å²) in [6, 6.07) is 4.85. The van der Waals surface area contributed by atoms with Gasteiger partial charge in [-0.3, -0.25) is 19.8 Å². The van der Waals surface area contributed by atoms with Crippen LogP contribution in [0.25, 0.3) is 6.08 Å². The van der Waals surface area contributed by atoms with Crippen LogP contribution in [0.1, 0.15) is 12.5 Å². The standard InChI is InChI=1S/C14H14N2O4S/c1-3-20-10-6-4-5-8(11(10)17)7-9-12(18)15-14(21)16(2)13(9)19/h4-7,17H,3H2,1-2H3,(H,15,18,21)/b9-7+. The van der Waals surface area contributed by atoms with E-state index in [2.05, 4.69) is 5.32 Å². The third kappa shape index (κ3) is 2.87. The zero-order valence-electron chi connectivity index (χ0n) is 11.5. The van der Waals surface area contributed by atoms with E-state index in [4.69, 9.17) is 17.0 Å². The molecule has 0 saturated carbocycles. The quantitative estimate of drug-likeness (QED) is 0.496. The molecule has 110 valence electrons. The van der Waals surface area contributed by atoms with Gasteiger partial charge in [-0.15, -0.1) is 0 Å². The lowest BCUT2D eigenvalue weighted by Crippen LogP contribution is -2.52. The van der Waals surface area contributed by atoms with Gasteiger partial charge in [0.1, 0.15) is 5.57 Å². The van der Waals surface area contributed by atoms with Crippen molar-refractivity contribution in [2.75, 3.05) is 13.7 Å². The Bertz CT molecular complexity index is 654. The maximum Gasteiger partial charge on any atom is 0.265 e. The number of amides is 2. The Morgan fingerprint density at radius 1 is 1.43 bits per heavy atom. The number of para-hydroxylation sites is 1. The molecule has 1 heterocycles. The lowest BCUT2D eigenvalue weighted by atomic mass is 10.1. The molecule has 0 aliphatic carbocycles. The average Bonchev–Trinajstić information content (AvgIpc) is 2.45. The van der Waals surface area contributed by atoms with Crippen LogP contribution in [0.15, 0.2) is 23.8 Å². The summed E-state index contributed by atoms with van der Waals surface area (Å²) in [5.74, 6) is -0.947. The Labute approximate surface area is 127 Å². The van der Waals surface area contributed by atoms with E-state index >= 15 is 0 Å². The molecule has 1 aliphatic rings. The Balaban J connectivity index is 2.43. The molecule has 0 radical (unpaired) electrons. The number of hydrogen-bond acceptors (Lipinski definition) is 5. The summed E-state index contributed by atoms with van der Waals surface area (Å²) in [4.78, 5) is 25.1. The zero-order valence-corrected chi connectivity index (χ0v) is 12.4. The molecule has 2 N–H and O–H groups in total. The van der Waals surface area contributed by atoms with Gasteiger partial charge in [-0.2, -0.15) is 0 Å². The molecule has 1 fully saturated rings. The molecule has 1 saturated heterocycles. The minimum absolute atomic E-state index is 0.0504. The zero-order chi connectivity index (χ0) is 15.6. The molecule has 0 spiro atoms. The smallest absolute Gasteiger partial charge is 0.265 e. The van der Waals surface area contributed by atoms with Crippen molar-refractivity contribution >= 4 is 35.2 Å². The number of aromatic hydroxyl groups is 1. The second-order valence-corrected chi connectivity index (χ2v) is 4.70. The van der Waals surface area contributed by atoms with Gasteiger partial charge < -0.3 is 9.84 Å². The van der Waals surface area contributed by atoms with Crippen LogP contribution in [-0.4, -0.2) is 40.6 Å². The highest BCUT2D eigenvalue weighted by molar-refractivity contribution is 7.80. The predicted molar refractivity (Wildman–Crippen MR) is 80.8 cm³/mol. The molecule has 1 aromatic carbocycles. The fourth-order valence-corrected chi connectivity index (χ4v) is 2.00. The van der Waals surface area contributed by atoms with Gasteiger partial charge in [-0.05, 0) is 31.3 Å². The Morgan fingerprint density at radius 2 is 2.14 bits per heavy atom. The Kier molecular flexibility index (Phi) is 4.23. The minimum Gasteiger partial charge on any atom is -0.504 e. The van der Waals surface area contributed by atoms with Crippen molar-refractivity contribution in [3.8, 4) is 11.5 Å². The van der Waals surface area contributed by atoms with E-state index in [0.29, 0.717) is 17.9 Å². The molecule has 7 heteroatoms. The topological polar surface area (TPSA) is 78.9 Å². The molecule has 6 nitrogen and oxygen atoms in total. The normalized spacial score (nSPS) is 17.1. The number of carbonyl (C=O) groups excluding carboxylic acids is 2. The van der Waals surface area contributed by atoms with Crippen molar-refractivity contribution in [2.45, 2.75) is 6.92 Å². The first-order chi connectivity index (χ1) is 9.95. The van der Waals surface area contributed by atoms with E-state index in [1.807, 2.05) is 0 Å². The maximum absolute atomic E-state index is 12.1. The first-order valence-corrected chi connectivity index (χ1v) is 6.66. The largest absolute Gasteiger partial charge is 0.504 e. The van der Waals surface area contributed by atoms with Crippen LogP contribution in [0, 0.1) is 0 Å². The van der Waals surface area contributed by atoms with Crippen molar-refractivity contribution < 1.29 is 19.4 Å². The van der Waals surface area contributed by atoms with Crippen LogP contribution < -0.4 is 10.1 Å². The van der Waals surface area contributed by atoms with Gasteiger partial charge in [0.25, 0.3) is 11.8 Å². The summed E-state index contributed by atoms with van der Waals surface area (Å²) in [5.41, 5.74) is 0.218. The third-order valence-corrected chi connectivity index (χ3v) is 3.31. The van der Waals surface area contributed by atoms with E-state index in [1.165, 1.54) is 13.1 Å². The molecule has 1 aromatic rings. The van der Waals surface area contributed by atoms with Crippen LogP contribution in [0.5, 0.6) is 11.5 Å². The van der Waals surface area contributed by atoms with Gasteiger partial charge in [0.2, 0.25) is 0 Å². The van der Waals surface area contributed by atoms with Crippen LogP contribution in [-0.2, 0) is 9.59 Å². The van der Waals surface area contributed by atoms with Crippen molar-refractivity contribution in [1.82, 2.24) is 10.2 Å². The number of carbonyl (C=O) groups is 2. The molecular weight excluding hydrogens is 292 g/mol. The van der Waals surface area contributed by atoms with Gasteiger partial charge >= 0.3 is 0 Å². The number of benzene rings is 1. The number of rotatable bonds is 3. The third-order valence-electron chi connectivity index (χ3n) is 2.93. The number of thiocarbonyl (C=S) groups is 1. The fraction of sp³-hybridized carbons (Fsp3) is 0.214. The molecule has 2 amide bonds. The van der Waals surface area contributed by atoms with Crippen LogP contribution in [0.3, 0.4) is 0 Å². The second-order valence-electron chi connectivity index (χ2n) is 4.31. The lowest BCUT2D eigenvalue weighted by Gasteiger charge is -2.25. The van der Waals surface area contributed by atoms with E-state index in [1.54, 1.807) is 25.1 Å². The summed E-state index contributed by atoms with van der Waals surface area (Å²) in [7, 11) is 1.47. The van der Waals surface area contributed by atoms with Gasteiger partial charge in [-0.1, -0.05) is 12.1 Å². The number of ether oxygens (including phenoxy) is 1. The highest BCUT2D eigenvalue weighted by Gasteiger charge is 2.31. The number of nitrogens with one attached hydrogen (secondary N) is 1. The number of hydrogen-bond donors (Lipinski definition) is 2. The Morgan fingerprint density at radius 3 is 2.81 bits per heavy atom. The number of likely N-dealkylation sites (N-methyl/N-ethyl adjacent to an activating group) is 1. The SMILES string of the molecule is CCOc1cccc(/C=C2\C(=O)NC(=S)N(C)C2=O)c1O. The van der Waals surface area contributed by atoms with E-state index in [9.17, 15) is 14.7 Å². The summed E-state index contributed by atoms with van der Waals surface area (Å²) in [5, 5.41) is 12.5. The van der Waals surface area contributed by atoms with Crippen LogP contribution in [0.2, 0.25) is 0 Å². The molecule has 0 atom stereocenters. The van der Waals surface area contributed by atoms with Crippen molar-refractivity contribution in [3.05, 3.63) is 29.3 Å². The van der Waals surface area contributed by atoms with E-state index in [-0.39, 0.29) is 16.4 Å². The molecule has 1 aliphatic heterocycles. The van der Waals surface area contributed by atoms with Gasteiger partial charge in [0.05, 0.1) is 6.61 Å². The second kappa shape index (κ2) is 5.92. The fourth-order valence-electron chi connectivity index (χ4n) is 1.83. The minimum atomic E-state index is -0.593. The van der Waals surface area contributed by atoms with Crippen LogP contribution >= 0.6 is 12.2 Å². The predicted octanol–water partition coefficient (Wildman–Crippen LogP) is 1.05. The van der Waals surface area contributed by atoms with Gasteiger partial charge in [0, 0.05) is 12.6 Å². The summed E-state index contributed by atoms with van der Waals surface area (Å²) >= 11 is 4.86. The first kappa shape index (κ1) is 15.0. The van der Waals surface area contributed by atoms with Gasteiger partial charge in [-0.25, -0.2) is 0 Å². The van der Waals surface area contributed by atoms with Crippen LogP contribution in [0.4, 0.5) is 0 Å². The summed E-state index contributed by atoms with van der Waals surface area (Å²) in [6.45, 7) is 2.18. The maximum atomic E-state index is 12.1. The van der Waals surface area contributed by atoms with Gasteiger partial charge in [0.15, 0.2) is 16.6 Å². The van der Waals surface area contributed by atoms with E-state index in [0.717, 1.165) is 4.90 Å². The Hall–Kier alpha value is -2.41. The molecule has 21 heavy (non-hydrogen) atoms. The number of nitrogens with zero attached hydrogens (tertiary/aromatic N) is 1. The number of phenolic OH excluding ortho intramolecular Hbond substituents is 1. The highest BCUT2D eigenvalue weighted by atomic mass is 32.1. The molecular formula is C14H14N2O4S. The molecule has 2 rings (SSSR count). The van der Waals surface area contributed by atoms with E-state index < -0.39 is 11.8 Å². The molecule has 0 unspecified atom stereocenters. The molecule has 0 aromatic heterocycles. The first-order valence-electron chi connectivity index (χ1n) is 6.25. The highest BCUT2D eigenvalue weighted by Crippen LogP contribution is 2.31. The van der Waals surface area contributed by atoms with Crippen molar-refractivity contribution in [3.63, 3.8) is 0 Å². The van der Waals surface area contributed by atoms with Crippen molar-refractivity contribution in [1.29, 1.82) is 0 Å².